The minimum atomic E-state index is -0.344. The molecule has 2 amide bonds. The molecule has 1 heterocycles. The minimum absolute atomic E-state index is 0.179. The van der Waals surface area contributed by atoms with Crippen molar-refractivity contribution >= 4 is 17.6 Å². The van der Waals surface area contributed by atoms with Crippen LogP contribution in [0.1, 0.15) is 21.6 Å². The number of amides is 2. The van der Waals surface area contributed by atoms with Crippen LogP contribution in [0.15, 0.2) is 54.6 Å². The molecule has 8 heteroatoms. The maximum Gasteiger partial charge on any atom is 0.272 e. The molecule has 156 valence electrons. The lowest BCUT2D eigenvalue weighted by molar-refractivity contribution is -0.115. The highest BCUT2D eigenvalue weighted by molar-refractivity contribution is 5.95. The molecule has 0 aliphatic heterocycles. The average Bonchev–Trinajstić information content (AvgIpc) is 3.12. The molecule has 2 N–H and O–H groups in total. The quantitative estimate of drug-likeness (QED) is 0.597. The molecular weight excluding hydrogens is 384 g/mol. The van der Waals surface area contributed by atoms with Crippen LogP contribution in [0.2, 0.25) is 0 Å². The van der Waals surface area contributed by atoms with Crippen LogP contribution in [0, 0.1) is 0 Å². The van der Waals surface area contributed by atoms with E-state index in [4.69, 9.17) is 9.47 Å². The first-order valence-corrected chi connectivity index (χ1v) is 9.37. The lowest BCUT2D eigenvalue weighted by Gasteiger charge is -2.10. The number of hydrogen-bond acceptors (Lipinski definition) is 5. The number of methoxy groups -OCH3 is 2. The molecule has 0 unspecified atom stereocenters. The van der Waals surface area contributed by atoms with Gasteiger partial charge in [0.25, 0.3) is 5.91 Å². The Hall–Kier alpha value is -3.81. The molecule has 0 saturated heterocycles. The van der Waals surface area contributed by atoms with Gasteiger partial charge >= 0.3 is 0 Å². The predicted octanol–water partition coefficient (Wildman–Crippen LogP) is 2.55. The lowest BCUT2D eigenvalue weighted by atomic mass is 10.1. The van der Waals surface area contributed by atoms with Crippen molar-refractivity contribution < 1.29 is 19.1 Å². The van der Waals surface area contributed by atoms with Gasteiger partial charge in [0.15, 0.2) is 17.2 Å². The van der Waals surface area contributed by atoms with E-state index in [1.54, 1.807) is 39.5 Å². The molecule has 0 fully saturated rings. The van der Waals surface area contributed by atoms with Crippen molar-refractivity contribution in [2.45, 2.75) is 13.0 Å². The largest absolute Gasteiger partial charge is 0.493 e. The summed E-state index contributed by atoms with van der Waals surface area (Å²) in [5.41, 5.74) is 1.98. The second-order valence-electron chi connectivity index (χ2n) is 6.62. The van der Waals surface area contributed by atoms with Gasteiger partial charge in [0, 0.05) is 19.7 Å². The summed E-state index contributed by atoms with van der Waals surface area (Å²) in [4.78, 5) is 24.7. The van der Waals surface area contributed by atoms with Crippen molar-refractivity contribution in [1.82, 2.24) is 15.1 Å². The summed E-state index contributed by atoms with van der Waals surface area (Å²) in [5, 5.41) is 9.79. The number of nitrogens with one attached hydrogen (secondary N) is 2. The van der Waals surface area contributed by atoms with E-state index in [1.807, 2.05) is 36.4 Å². The van der Waals surface area contributed by atoms with E-state index < -0.39 is 0 Å². The molecule has 3 rings (SSSR count). The molecule has 1 aromatic heterocycles. The normalized spacial score (nSPS) is 10.4. The minimum Gasteiger partial charge on any atom is -0.493 e. The van der Waals surface area contributed by atoms with Crippen LogP contribution in [0.4, 0.5) is 5.82 Å². The SMILES string of the molecule is COc1ccc(CNC(=O)c2cc(NC(=O)Cc3ccccc3)n(C)n2)cc1OC. The van der Waals surface area contributed by atoms with Crippen molar-refractivity contribution in [3.63, 3.8) is 0 Å². The Bertz CT molecular complexity index is 1030. The maximum absolute atomic E-state index is 12.5. The van der Waals surface area contributed by atoms with Gasteiger partial charge in [-0.05, 0) is 23.3 Å². The zero-order valence-electron chi connectivity index (χ0n) is 17.1. The van der Waals surface area contributed by atoms with E-state index >= 15 is 0 Å². The lowest BCUT2D eigenvalue weighted by Crippen LogP contribution is -2.23. The summed E-state index contributed by atoms with van der Waals surface area (Å²) in [6.07, 6.45) is 0.243. The third-order valence-corrected chi connectivity index (χ3v) is 4.49. The number of hydrogen-bond donors (Lipinski definition) is 2. The molecule has 30 heavy (non-hydrogen) atoms. The zero-order valence-corrected chi connectivity index (χ0v) is 17.1. The van der Waals surface area contributed by atoms with Gasteiger partial charge in [0.1, 0.15) is 5.82 Å². The number of carbonyl (C=O) groups excluding carboxylic acids is 2. The van der Waals surface area contributed by atoms with Crippen molar-refractivity contribution in [1.29, 1.82) is 0 Å². The molecule has 2 aromatic carbocycles. The van der Waals surface area contributed by atoms with Crippen molar-refractivity contribution in [2.24, 2.45) is 7.05 Å². The second kappa shape index (κ2) is 9.60. The molecule has 8 nitrogen and oxygen atoms in total. The Labute approximate surface area is 174 Å². The smallest absolute Gasteiger partial charge is 0.272 e. The number of aryl methyl sites for hydroxylation is 1. The van der Waals surface area contributed by atoms with Gasteiger partial charge in [-0.15, -0.1) is 0 Å². The Morgan fingerprint density at radius 1 is 0.967 bits per heavy atom. The number of aromatic nitrogens is 2. The summed E-state index contributed by atoms with van der Waals surface area (Å²) in [5.74, 6) is 1.14. The highest BCUT2D eigenvalue weighted by Gasteiger charge is 2.15. The van der Waals surface area contributed by atoms with Crippen LogP contribution in [0.5, 0.6) is 11.5 Å². The second-order valence-corrected chi connectivity index (χ2v) is 6.62. The Morgan fingerprint density at radius 3 is 2.40 bits per heavy atom. The fraction of sp³-hybridized carbons (Fsp3) is 0.227. The first-order chi connectivity index (χ1) is 14.5. The molecule has 0 saturated carbocycles. The Kier molecular flexibility index (Phi) is 6.69. The highest BCUT2D eigenvalue weighted by Crippen LogP contribution is 2.27. The van der Waals surface area contributed by atoms with Gasteiger partial charge in [-0.1, -0.05) is 36.4 Å². The summed E-state index contributed by atoms with van der Waals surface area (Å²) < 4.78 is 12.0. The maximum atomic E-state index is 12.5. The van der Waals surface area contributed by atoms with Crippen molar-refractivity contribution in [2.75, 3.05) is 19.5 Å². The van der Waals surface area contributed by atoms with Crippen LogP contribution in [0.25, 0.3) is 0 Å². The van der Waals surface area contributed by atoms with E-state index in [0.717, 1.165) is 11.1 Å². The number of benzene rings is 2. The van der Waals surface area contributed by atoms with Gasteiger partial charge < -0.3 is 20.1 Å². The van der Waals surface area contributed by atoms with Crippen LogP contribution < -0.4 is 20.1 Å². The summed E-state index contributed by atoms with van der Waals surface area (Å²) in [6, 6.07) is 16.4. The molecular formula is C22H24N4O4. The average molecular weight is 408 g/mol. The predicted molar refractivity (Wildman–Crippen MR) is 113 cm³/mol. The number of ether oxygens (including phenoxy) is 2. The summed E-state index contributed by atoms with van der Waals surface area (Å²) in [7, 11) is 4.79. The van der Waals surface area contributed by atoms with E-state index in [-0.39, 0.29) is 23.9 Å². The van der Waals surface area contributed by atoms with E-state index in [0.29, 0.717) is 23.9 Å². The van der Waals surface area contributed by atoms with Gasteiger partial charge in [0.2, 0.25) is 5.91 Å². The fourth-order valence-electron chi connectivity index (χ4n) is 2.93. The Morgan fingerprint density at radius 2 is 1.70 bits per heavy atom. The topological polar surface area (TPSA) is 94.5 Å². The highest BCUT2D eigenvalue weighted by atomic mass is 16.5. The van der Waals surface area contributed by atoms with Crippen molar-refractivity contribution in [3.8, 4) is 11.5 Å². The zero-order chi connectivity index (χ0) is 21.5. The van der Waals surface area contributed by atoms with Gasteiger partial charge in [-0.3, -0.25) is 14.3 Å². The molecule has 0 spiro atoms. The van der Waals surface area contributed by atoms with Crippen LogP contribution >= 0.6 is 0 Å². The monoisotopic (exact) mass is 408 g/mol. The molecule has 3 aromatic rings. The number of rotatable bonds is 8. The third kappa shape index (κ3) is 5.16. The van der Waals surface area contributed by atoms with Crippen LogP contribution in [0.3, 0.4) is 0 Å². The number of nitrogens with zero attached hydrogens (tertiary/aromatic N) is 2. The van der Waals surface area contributed by atoms with Gasteiger partial charge in [-0.2, -0.15) is 5.10 Å². The third-order valence-electron chi connectivity index (χ3n) is 4.49. The molecule has 0 aliphatic rings. The van der Waals surface area contributed by atoms with E-state index in [1.165, 1.54) is 4.68 Å². The van der Waals surface area contributed by atoms with Gasteiger partial charge in [-0.25, -0.2) is 0 Å². The number of anilines is 1. The molecule has 0 bridgehead atoms. The Balaban J connectivity index is 1.60. The standard InChI is InChI=1S/C22H24N4O4/c1-26-20(24-21(27)12-15-7-5-4-6-8-15)13-17(25-26)22(28)23-14-16-9-10-18(29-2)19(11-16)30-3/h4-11,13H,12,14H2,1-3H3,(H,23,28)(H,24,27). The number of carbonyl (C=O) groups is 2. The van der Waals surface area contributed by atoms with Gasteiger partial charge in [0.05, 0.1) is 20.6 Å². The van der Waals surface area contributed by atoms with Crippen LogP contribution in [-0.2, 0) is 24.8 Å². The molecule has 0 aliphatic carbocycles. The van der Waals surface area contributed by atoms with Crippen molar-refractivity contribution in [3.05, 3.63) is 71.4 Å². The first kappa shape index (κ1) is 20.9. The van der Waals surface area contributed by atoms with E-state index in [2.05, 4.69) is 15.7 Å². The van der Waals surface area contributed by atoms with E-state index in [9.17, 15) is 9.59 Å². The summed E-state index contributed by atoms with van der Waals surface area (Å²) in [6.45, 7) is 0.297. The fourth-order valence-corrected chi connectivity index (χ4v) is 2.93. The molecule has 0 atom stereocenters. The summed E-state index contributed by atoms with van der Waals surface area (Å²) >= 11 is 0. The molecule has 0 radical (unpaired) electrons. The van der Waals surface area contributed by atoms with Crippen LogP contribution in [-0.4, -0.2) is 35.8 Å². The first-order valence-electron chi connectivity index (χ1n) is 9.37.